The second-order valence-electron chi connectivity index (χ2n) is 3.02. The normalized spacial score (nSPS) is 12.5. The van der Waals surface area contributed by atoms with E-state index in [2.05, 4.69) is 25.2 Å². The highest BCUT2D eigenvalue weighted by atomic mass is 16.5. The van der Waals surface area contributed by atoms with Crippen molar-refractivity contribution in [2.75, 3.05) is 13.7 Å². The van der Waals surface area contributed by atoms with E-state index in [-0.39, 0.29) is 0 Å². The van der Waals surface area contributed by atoms with E-state index in [0.717, 1.165) is 12.3 Å². The van der Waals surface area contributed by atoms with Crippen LogP contribution >= 0.6 is 0 Å². The van der Waals surface area contributed by atoms with Crippen LogP contribution in [0.4, 0.5) is 0 Å². The van der Waals surface area contributed by atoms with Gasteiger partial charge in [0.15, 0.2) is 0 Å². The van der Waals surface area contributed by atoms with Crippen molar-refractivity contribution in [1.29, 1.82) is 0 Å². The van der Waals surface area contributed by atoms with Crippen molar-refractivity contribution in [1.82, 2.24) is 5.32 Å². The first-order valence-corrected chi connectivity index (χ1v) is 4.66. The number of rotatable bonds is 4. The van der Waals surface area contributed by atoms with Crippen LogP contribution in [-0.4, -0.2) is 13.7 Å². The van der Waals surface area contributed by atoms with Gasteiger partial charge in [-0.2, -0.15) is 0 Å². The van der Waals surface area contributed by atoms with Crippen LogP contribution in [0, 0.1) is 0 Å². The van der Waals surface area contributed by atoms with Crippen LogP contribution in [-0.2, 0) is 0 Å². The molecule has 1 aromatic carbocycles. The number of hydrogen-bond acceptors (Lipinski definition) is 2. The van der Waals surface area contributed by atoms with Crippen LogP contribution in [0.15, 0.2) is 24.3 Å². The lowest BCUT2D eigenvalue weighted by molar-refractivity contribution is 0.402. The van der Waals surface area contributed by atoms with Crippen LogP contribution in [0.3, 0.4) is 0 Å². The second kappa shape index (κ2) is 4.87. The van der Waals surface area contributed by atoms with E-state index in [1.54, 1.807) is 7.11 Å². The first-order chi connectivity index (χ1) is 6.29. The van der Waals surface area contributed by atoms with Crippen molar-refractivity contribution in [3.8, 4) is 5.75 Å². The maximum absolute atomic E-state index is 5.27. The van der Waals surface area contributed by atoms with Crippen molar-refractivity contribution >= 4 is 0 Å². The molecule has 1 rings (SSSR count). The first kappa shape index (κ1) is 10.1. The molecule has 13 heavy (non-hydrogen) atoms. The van der Waals surface area contributed by atoms with Gasteiger partial charge in [-0.1, -0.05) is 25.1 Å². The lowest BCUT2D eigenvalue weighted by atomic mass is 10.1. The summed E-state index contributed by atoms with van der Waals surface area (Å²) in [6.45, 7) is 5.21. The molecule has 2 heteroatoms. The summed E-state index contributed by atoms with van der Waals surface area (Å²) in [5.41, 5.74) is 1.21. The number of hydrogen-bond donors (Lipinski definition) is 1. The Bertz CT molecular complexity index is 260. The molecule has 0 saturated heterocycles. The molecule has 0 amide bonds. The molecule has 1 N–H and O–H groups in total. The number of ether oxygens (including phenoxy) is 1. The van der Waals surface area contributed by atoms with Gasteiger partial charge in [0.1, 0.15) is 5.75 Å². The molecule has 0 saturated carbocycles. The van der Waals surface area contributed by atoms with Crippen LogP contribution in [0.2, 0.25) is 0 Å². The highest BCUT2D eigenvalue weighted by Crippen LogP contribution is 2.23. The first-order valence-electron chi connectivity index (χ1n) is 4.66. The molecule has 1 unspecified atom stereocenters. The molecule has 72 valence electrons. The van der Waals surface area contributed by atoms with Gasteiger partial charge in [-0.15, -0.1) is 0 Å². The zero-order chi connectivity index (χ0) is 9.68. The smallest absolute Gasteiger partial charge is 0.123 e. The maximum Gasteiger partial charge on any atom is 0.123 e. The Morgan fingerprint density at radius 3 is 2.69 bits per heavy atom. The second-order valence-corrected chi connectivity index (χ2v) is 3.02. The van der Waals surface area contributed by atoms with Gasteiger partial charge >= 0.3 is 0 Å². The van der Waals surface area contributed by atoms with Crippen molar-refractivity contribution in [3.05, 3.63) is 29.8 Å². The van der Waals surface area contributed by atoms with E-state index in [1.165, 1.54) is 5.56 Å². The van der Waals surface area contributed by atoms with Crippen molar-refractivity contribution in [2.24, 2.45) is 0 Å². The minimum atomic E-state index is 0.348. The quantitative estimate of drug-likeness (QED) is 0.766. The fourth-order valence-electron chi connectivity index (χ4n) is 1.44. The highest BCUT2D eigenvalue weighted by Gasteiger charge is 2.08. The zero-order valence-electron chi connectivity index (χ0n) is 8.50. The fourth-order valence-corrected chi connectivity index (χ4v) is 1.44. The van der Waals surface area contributed by atoms with E-state index in [1.807, 2.05) is 18.2 Å². The Labute approximate surface area is 79.9 Å². The molecule has 1 atom stereocenters. The molecule has 0 fully saturated rings. The largest absolute Gasteiger partial charge is 0.496 e. The molecule has 0 radical (unpaired) electrons. The summed E-state index contributed by atoms with van der Waals surface area (Å²) < 4.78 is 5.27. The molecule has 0 aliphatic carbocycles. The summed E-state index contributed by atoms with van der Waals surface area (Å²) in [4.78, 5) is 0. The summed E-state index contributed by atoms with van der Waals surface area (Å²) in [5.74, 6) is 0.955. The number of nitrogens with one attached hydrogen (secondary N) is 1. The molecule has 0 heterocycles. The minimum Gasteiger partial charge on any atom is -0.496 e. The van der Waals surface area contributed by atoms with Crippen molar-refractivity contribution in [2.45, 2.75) is 19.9 Å². The molecule has 0 aliphatic heterocycles. The molecule has 2 nitrogen and oxygen atoms in total. The Hall–Kier alpha value is -1.02. The van der Waals surface area contributed by atoms with Crippen molar-refractivity contribution in [3.63, 3.8) is 0 Å². The van der Waals surface area contributed by atoms with Crippen LogP contribution in [0.1, 0.15) is 25.5 Å². The maximum atomic E-state index is 5.27. The minimum absolute atomic E-state index is 0.348. The van der Waals surface area contributed by atoms with Gasteiger partial charge in [0, 0.05) is 11.6 Å². The van der Waals surface area contributed by atoms with Crippen LogP contribution in [0.5, 0.6) is 5.75 Å². The Kier molecular flexibility index (Phi) is 3.77. The number of para-hydroxylation sites is 1. The third-order valence-electron chi connectivity index (χ3n) is 2.12. The predicted molar refractivity (Wildman–Crippen MR) is 55.1 cm³/mol. The highest BCUT2D eigenvalue weighted by molar-refractivity contribution is 5.35. The van der Waals surface area contributed by atoms with Crippen LogP contribution in [0.25, 0.3) is 0 Å². The predicted octanol–water partition coefficient (Wildman–Crippen LogP) is 2.37. The standard InChI is InChI=1S/C11H17NO/c1-4-12-9(2)10-7-5-6-8-11(10)13-3/h5-9,12H,4H2,1-3H3. The Balaban J connectivity index is 2.85. The average molecular weight is 179 g/mol. The lowest BCUT2D eigenvalue weighted by Gasteiger charge is -2.15. The SMILES string of the molecule is CCNC(C)c1ccccc1OC. The topological polar surface area (TPSA) is 21.3 Å². The fraction of sp³-hybridized carbons (Fsp3) is 0.455. The summed E-state index contributed by atoms with van der Waals surface area (Å²) in [5, 5.41) is 3.36. The third kappa shape index (κ3) is 2.46. The Morgan fingerprint density at radius 2 is 2.08 bits per heavy atom. The van der Waals surface area contributed by atoms with Crippen LogP contribution < -0.4 is 10.1 Å². The molecular weight excluding hydrogens is 162 g/mol. The van der Waals surface area contributed by atoms with Gasteiger partial charge in [0.05, 0.1) is 7.11 Å². The molecule has 1 aromatic rings. The zero-order valence-corrected chi connectivity index (χ0v) is 8.50. The van der Waals surface area contributed by atoms with E-state index in [0.29, 0.717) is 6.04 Å². The van der Waals surface area contributed by atoms with Gasteiger partial charge < -0.3 is 10.1 Å². The lowest BCUT2D eigenvalue weighted by Crippen LogP contribution is -2.18. The van der Waals surface area contributed by atoms with Gasteiger partial charge in [0.2, 0.25) is 0 Å². The summed E-state index contributed by atoms with van der Waals surface area (Å²) in [7, 11) is 1.71. The van der Waals surface area contributed by atoms with Gasteiger partial charge in [-0.05, 0) is 19.5 Å². The molecule has 0 aromatic heterocycles. The van der Waals surface area contributed by atoms with Crippen molar-refractivity contribution < 1.29 is 4.74 Å². The van der Waals surface area contributed by atoms with E-state index >= 15 is 0 Å². The number of benzene rings is 1. The average Bonchev–Trinajstić information content (AvgIpc) is 2.18. The summed E-state index contributed by atoms with van der Waals surface area (Å²) >= 11 is 0. The number of methoxy groups -OCH3 is 1. The molecule has 0 spiro atoms. The monoisotopic (exact) mass is 179 g/mol. The summed E-state index contributed by atoms with van der Waals surface area (Å²) in [6, 6.07) is 8.45. The molecule has 0 bridgehead atoms. The molecular formula is C11H17NO. The van der Waals surface area contributed by atoms with Gasteiger partial charge in [0.25, 0.3) is 0 Å². The summed E-state index contributed by atoms with van der Waals surface area (Å²) in [6.07, 6.45) is 0. The Morgan fingerprint density at radius 1 is 1.38 bits per heavy atom. The van der Waals surface area contributed by atoms with Gasteiger partial charge in [-0.3, -0.25) is 0 Å². The van der Waals surface area contributed by atoms with Gasteiger partial charge in [-0.25, -0.2) is 0 Å². The third-order valence-corrected chi connectivity index (χ3v) is 2.12. The van der Waals surface area contributed by atoms with E-state index < -0.39 is 0 Å². The van der Waals surface area contributed by atoms with E-state index in [9.17, 15) is 0 Å². The van der Waals surface area contributed by atoms with E-state index in [4.69, 9.17) is 4.74 Å². The molecule has 0 aliphatic rings.